The van der Waals surface area contributed by atoms with Crippen LogP contribution in [0.3, 0.4) is 0 Å². The van der Waals surface area contributed by atoms with E-state index in [1.807, 2.05) is 0 Å². The lowest BCUT2D eigenvalue weighted by atomic mass is 9.97. The largest absolute Gasteiger partial charge is 0.394 e. The van der Waals surface area contributed by atoms with Crippen LogP contribution in [-0.2, 0) is 23.7 Å². The van der Waals surface area contributed by atoms with E-state index in [1.165, 1.54) is 0 Å². The Morgan fingerprint density at radius 1 is 0.588 bits per heavy atom. The Labute approximate surface area is 192 Å². The molecule has 0 aromatic rings. The van der Waals surface area contributed by atoms with Crippen molar-refractivity contribution < 1.29 is 79.9 Å². The van der Waals surface area contributed by atoms with Gasteiger partial charge in [0.15, 0.2) is 12.6 Å². The smallest absolute Gasteiger partial charge is 0.219 e. The lowest BCUT2D eigenvalue weighted by molar-refractivity contribution is -0.365. The maximum absolute atomic E-state index is 10.6. The highest BCUT2D eigenvalue weighted by molar-refractivity contribution is 4.99. The summed E-state index contributed by atoms with van der Waals surface area (Å²) in [6.07, 6.45) is -21.6. The average Bonchev–Trinajstić information content (AvgIpc) is 3.08. The first-order chi connectivity index (χ1) is 16.0. The van der Waals surface area contributed by atoms with Gasteiger partial charge >= 0.3 is 0 Å². The minimum Gasteiger partial charge on any atom is -0.394 e. The molecule has 200 valence electrons. The van der Waals surface area contributed by atoms with Gasteiger partial charge < -0.3 is 79.9 Å². The predicted molar refractivity (Wildman–Crippen MR) is 101 cm³/mol. The maximum Gasteiger partial charge on any atom is 0.219 e. The Kier molecular flexibility index (Phi) is 9.18. The quantitative estimate of drug-likeness (QED) is 0.146. The van der Waals surface area contributed by atoms with E-state index in [2.05, 4.69) is 0 Å². The van der Waals surface area contributed by atoms with Gasteiger partial charge in [0.25, 0.3) is 0 Å². The molecular weight excluding hydrogens is 472 g/mol. The fourth-order valence-corrected chi connectivity index (χ4v) is 4.12. The number of aliphatic hydroxyl groups is 11. The standard InChI is InChI=1S/C18H32O16/c19-1-5-8(23)9(24)11(26)16(30-5)32-13-6(2-20)31-17(12(27)10(13)25)33-14-7(3-21)34-18(29,4-22)15(14)28/h5-17,19-29H,1-4H2/t5-,6-,7-,8-,9+,10-,11-,12-,13-,14-,15+,16-,17-,18?/m1/s1. The Morgan fingerprint density at radius 3 is 1.62 bits per heavy atom. The van der Waals surface area contributed by atoms with Crippen molar-refractivity contribution in [2.45, 2.75) is 85.5 Å². The molecule has 3 aliphatic heterocycles. The van der Waals surface area contributed by atoms with E-state index in [0.29, 0.717) is 0 Å². The van der Waals surface area contributed by atoms with Gasteiger partial charge in [0.05, 0.1) is 26.4 Å². The summed E-state index contributed by atoms with van der Waals surface area (Å²) in [5.41, 5.74) is 0. The van der Waals surface area contributed by atoms with Gasteiger partial charge in [-0.15, -0.1) is 0 Å². The van der Waals surface area contributed by atoms with Crippen molar-refractivity contribution in [3.05, 3.63) is 0 Å². The molecule has 16 nitrogen and oxygen atoms in total. The van der Waals surface area contributed by atoms with Gasteiger partial charge in [-0.05, 0) is 0 Å². The third kappa shape index (κ3) is 5.09. The molecule has 0 radical (unpaired) electrons. The number of hydrogen-bond donors (Lipinski definition) is 11. The molecule has 1 unspecified atom stereocenters. The summed E-state index contributed by atoms with van der Waals surface area (Å²) < 4.78 is 26.5. The first-order valence-corrected chi connectivity index (χ1v) is 10.6. The van der Waals surface area contributed by atoms with Crippen LogP contribution in [0.15, 0.2) is 0 Å². The topological polar surface area (TPSA) is 269 Å². The van der Waals surface area contributed by atoms with Gasteiger partial charge in [0.1, 0.15) is 67.1 Å². The SMILES string of the molecule is OC[C@H]1O[C@H](O[C@H]2[C@H](O)[C@@H](O)[C@@H](O[C@@H]3[C@@H](CO)OC(O)(CO)[C@H]3O)O[C@@H]2CO)[C@H](O)[C@@H](O)[C@@H]1O. The van der Waals surface area contributed by atoms with Crippen LogP contribution in [0.25, 0.3) is 0 Å². The molecule has 3 saturated heterocycles. The first-order valence-electron chi connectivity index (χ1n) is 10.6. The van der Waals surface area contributed by atoms with Crippen molar-refractivity contribution in [2.24, 2.45) is 0 Å². The number of hydrogen-bond acceptors (Lipinski definition) is 16. The van der Waals surface area contributed by atoms with E-state index in [1.54, 1.807) is 0 Å². The van der Waals surface area contributed by atoms with Gasteiger partial charge in [0.2, 0.25) is 5.79 Å². The van der Waals surface area contributed by atoms with E-state index in [4.69, 9.17) is 23.7 Å². The van der Waals surface area contributed by atoms with Crippen LogP contribution in [0.5, 0.6) is 0 Å². The molecule has 34 heavy (non-hydrogen) atoms. The zero-order valence-corrected chi connectivity index (χ0v) is 17.8. The predicted octanol–water partition coefficient (Wildman–Crippen LogP) is -7.57. The summed E-state index contributed by atoms with van der Waals surface area (Å²) in [6.45, 7) is -3.37. The van der Waals surface area contributed by atoms with Crippen LogP contribution in [0, 0.1) is 0 Å². The summed E-state index contributed by atoms with van der Waals surface area (Å²) >= 11 is 0. The van der Waals surface area contributed by atoms with E-state index < -0.39 is 112 Å². The molecule has 0 aromatic heterocycles. The molecule has 0 saturated carbocycles. The second-order valence-electron chi connectivity index (χ2n) is 8.39. The highest BCUT2D eigenvalue weighted by atomic mass is 16.8. The minimum atomic E-state index is -2.47. The molecule has 16 heteroatoms. The van der Waals surface area contributed by atoms with Crippen molar-refractivity contribution in [2.75, 3.05) is 26.4 Å². The van der Waals surface area contributed by atoms with E-state index in [0.717, 1.165) is 0 Å². The Balaban J connectivity index is 1.72. The lowest BCUT2D eigenvalue weighted by Crippen LogP contribution is -2.65. The van der Waals surface area contributed by atoms with Crippen molar-refractivity contribution in [3.8, 4) is 0 Å². The molecule has 0 aromatic carbocycles. The molecule has 3 fully saturated rings. The van der Waals surface area contributed by atoms with Gasteiger partial charge in [-0.25, -0.2) is 0 Å². The van der Waals surface area contributed by atoms with Crippen LogP contribution in [0.4, 0.5) is 0 Å². The van der Waals surface area contributed by atoms with Gasteiger partial charge in [0, 0.05) is 0 Å². The second kappa shape index (κ2) is 11.2. The molecule has 0 spiro atoms. The number of rotatable bonds is 8. The van der Waals surface area contributed by atoms with Crippen molar-refractivity contribution in [1.82, 2.24) is 0 Å². The fraction of sp³-hybridized carbons (Fsp3) is 1.00. The molecule has 0 amide bonds. The number of ether oxygens (including phenoxy) is 5. The first kappa shape index (κ1) is 27.9. The molecular formula is C18H32O16. The molecule has 3 rings (SSSR count). The van der Waals surface area contributed by atoms with Gasteiger partial charge in [-0.2, -0.15) is 0 Å². The van der Waals surface area contributed by atoms with E-state index >= 15 is 0 Å². The minimum absolute atomic E-state index is 0.742. The monoisotopic (exact) mass is 504 g/mol. The normalized spacial score (nSPS) is 52.1. The Bertz CT molecular complexity index is 651. The lowest BCUT2D eigenvalue weighted by Gasteiger charge is -2.46. The molecule has 0 aliphatic carbocycles. The number of aliphatic hydroxyl groups excluding tert-OH is 10. The van der Waals surface area contributed by atoms with E-state index in [-0.39, 0.29) is 0 Å². The Hall–Kier alpha value is -0.640. The van der Waals surface area contributed by atoms with Crippen LogP contribution >= 0.6 is 0 Å². The van der Waals surface area contributed by atoms with Crippen LogP contribution in [0.2, 0.25) is 0 Å². The maximum atomic E-state index is 10.6. The zero-order valence-electron chi connectivity index (χ0n) is 17.8. The van der Waals surface area contributed by atoms with Crippen molar-refractivity contribution in [3.63, 3.8) is 0 Å². The molecule has 3 aliphatic rings. The second-order valence-corrected chi connectivity index (χ2v) is 8.39. The third-order valence-corrected chi connectivity index (χ3v) is 6.15. The zero-order chi connectivity index (χ0) is 25.4. The summed E-state index contributed by atoms with van der Waals surface area (Å²) in [5.74, 6) is -2.47. The van der Waals surface area contributed by atoms with Crippen LogP contribution in [-0.4, -0.2) is 168 Å². The van der Waals surface area contributed by atoms with Crippen LogP contribution < -0.4 is 0 Å². The van der Waals surface area contributed by atoms with Crippen LogP contribution in [0.1, 0.15) is 0 Å². The summed E-state index contributed by atoms with van der Waals surface area (Å²) in [4.78, 5) is 0. The summed E-state index contributed by atoms with van der Waals surface area (Å²) in [6, 6.07) is 0. The fourth-order valence-electron chi connectivity index (χ4n) is 4.12. The van der Waals surface area contributed by atoms with Crippen molar-refractivity contribution in [1.29, 1.82) is 0 Å². The van der Waals surface area contributed by atoms with E-state index in [9.17, 15) is 56.2 Å². The summed E-state index contributed by atoms with van der Waals surface area (Å²) in [5, 5.41) is 109. The highest BCUT2D eigenvalue weighted by Gasteiger charge is 2.57. The Morgan fingerprint density at radius 2 is 1.09 bits per heavy atom. The summed E-state index contributed by atoms with van der Waals surface area (Å²) in [7, 11) is 0. The molecule has 3 heterocycles. The molecule has 0 bridgehead atoms. The molecule has 14 atom stereocenters. The molecule has 11 N–H and O–H groups in total. The van der Waals surface area contributed by atoms with Crippen molar-refractivity contribution >= 4 is 0 Å². The highest BCUT2D eigenvalue weighted by Crippen LogP contribution is 2.35. The van der Waals surface area contributed by atoms with Gasteiger partial charge in [-0.3, -0.25) is 0 Å². The average molecular weight is 504 g/mol. The van der Waals surface area contributed by atoms with Gasteiger partial charge in [-0.1, -0.05) is 0 Å². The third-order valence-electron chi connectivity index (χ3n) is 6.15.